The molecule has 0 aromatic heterocycles. The molecule has 3 aliphatic rings. The van der Waals surface area contributed by atoms with Crippen LogP contribution in [0.4, 0.5) is 15.8 Å². The van der Waals surface area contributed by atoms with Crippen LogP contribution in [-0.2, 0) is 24.5 Å². The van der Waals surface area contributed by atoms with E-state index in [0.29, 0.717) is 29.1 Å². The molecule has 2 heterocycles. The van der Waals surface area contributed by atoms with Gasteiger partial charge in [0.05, 0.1) is 11.6 Å². The summed E-state index contributed by atoms with van der Waals surface area (Å²) in [5, 5.41) is 2.72. The number of amides is 1. The molecule has 1 atom stereocenters. The second kappa shape index (κ2) is 8.45. The van der Waals surface area contributed by atoms with E-state index in [1.807, 2.05) is 26.8 Å². The van der Waals surface area contributed by atoms with Gasteiger partial charge >= 0.3 is 5.97 Å². The Balaban J connectivity index is 1.93. The molecule has 2 aliphatic heterocycles. The summed E-state index contributed by atoms with van der Waals surface area (Å²) in [5.74, 6) is -2.33. The second-order valence-corrected chi connectivity index (χ2v) is 10.8. The fourth-order valence-electron chi connectivity index (χ4n) is 5.77. The zero-order valence-corrected chi connectivity index (χ0v) is 21.8. The molecule has 5 rings (SSSR count). The van der Waals surface area contributed by atoms with E-state index in [9.17, 15) is 18.8 Å². The first-order valence-corrected chi connectivity index (χ1v) is 12.4. The smallest absolute Gasteiger partial charge is 0.339 e. The van der Waals surface area contributed by atoms with Gasteiger partial charge < -0.3 is 15.8 Å². The fraction of sp³-hybridized carbons (Fsp3) is 0.321. The van der Waals surface area contributed by atoms with Crippen molar-refractivity contribution in [3.8, 4) is 0 Å². The first-order valence-electron chi connectivity index (χ1n) is 12.0. The third-order valence-corrected chi connectivity index (χ3v) is 7.47. The van der Waals surface area contributed by atoms with Gasteiger partial charge in [0, 0.05) is 34.6 Å². The van der Waals surface area contributed by atoms with E-state index in [-0.39, 0.29) is 40.8 Å². The van der Waals surface area contributed by atoms with Crippen LogP contribution in [-0.4, -0.2) is 24.3 Å². The van der Waals surface area contributed by atoms with E-state index in [0.717, 1.165) is 5.56 Å². The molecule has 7 nitrogen and oxygen atoms in total. The number of ketones is 1. The number of Topliss-reactive ketones (excluding diaryl/α,β-unsaturated/α-hetero) is 1. The van der Waals surface area contributed by atoms with Crippen LogP contribution in [0.5, 0.6) is 0 Å². The Kier molecular flexibility index (Phi) is 5.71. The van der Waals surface area contributed by atoms with Crippen LogP contribution in [0.25, 0.3) is 0 Å². The molecule has 0 fully saturated rings. The van der Waals surface area contributed by atoms with Crippen molar-refractivity contribution in [2.75, 3.05) is 16.8 Å². The van der Waals surface area contributed by atoms with Crippen LogP contribution >= 0.6 is 11.6 Å². The highest BCUT2D eigenvalue weighted by molar-refractivity contribution is 6.31. The van der Waals surface area contributed by atoms with E-state index >= 15 is 0 Å². The van der Waals surface area contributed by atoms with Crippen molar-refractivity contribution in [2.24, 2.45) is 11.1 Å². The number of hydrogen-bond acceptors (Lipinski definition) is 6. The number of carbonyl (C=O) groups is 3. The van der Waals surface area contributed by atoms with Crippen molar-refractivity contribution in [1.29, 1.82) is 0 Å². The summed E-state index contributed by atoms with van der Waals surface area (Å²) < 4.78 is 19.5. The number of nitrogens with one attached hydrogen (secondary N) is 1. The Morgan fingerprint density at radius 1 is 1.19 bits per heavy atom. The van der Waals surface area contributed by atoms with Crippen molar-refractivity contribution in [3.05, 3.63) is 81.0 Å². The summed E-state index contributed by atoms with van der Waals surface area (Å²) in [5.41, 5.74) is 7.18. The fourth-order valence-corrected chi connectivity index (χ4v) is 5.95. The van der Waals surface area contributed by atoms with Crippen LogP contribution in [0, 0.1) is 18.2 Å². The van der Waals surface area contributed by atoms with Gasteiger partial charge in [0.1, 0.15) is 22.6 Å². The Morgan fingerprint density at radius 3 is 2.59 bits per heavy atom. The minimum atomic E-state index is -1.79. The molecule has 0 saturated heterocycles. The van der Waals surface area contributed by atoms with Gasteiger partial charge in [-0.25, -0.2) is 9.18 Å². The molecule has 37 heavy (non-hydrogen) atoms. The molecule has 0 radical (unpaired) electrons. The Hall–Kier alpha value is -3.65. The van der Waals surface area contributed by atoms with Crippen LogP contribution in [0.2, 0.25) is 5.02 Å². The zero-order chi connectivity index (χ0) is 26.9. The van der Waals surface area contributed by atoms with Gasteiger partial charge in [0.2, 0.25) is 5.91 Å². The number of rotatable bonds is 3. The van der Waals surface area contributed by atoms with Gasteiger partial charge in [-0.05, 0) is 49.9 Å². The summed E-state index contributed by atoms with van der Waals surface area (Å²) in [4.78, 5) is 43.2. The van der Waals surface area contributed by atoms with E-state index < -0.39 is 28.5 Å². The maximum absolute atomic E-state index is 14.1. The maximum atomic E-state index is 14.1. The normalized spacial score (nSPS) is 22.3. The standard InChI is InChI=1S/C28H27ClFN3O4/c1-5-37-25(35)23-24(31)33(15-7-8-18(30)17(29)11-15)20-12-27(3,4)13-21(34)22(20)28(23)16-10-14(2)6-9-19(16)32-26(28)36/h6-11H,5,12-13,31H2,1-4H3,(H,32,36). The van der Waals surface area contributed by atoms with E-state index in [2.05, 4.69) is 5.32 Å². The van der Waals surface area contributed by atoms with Crippen molar-refractivity contribution in [1.82, 2.24) is 0 Å². The van der Waals surface area contributed by atoms with Gasteiger partial charge in [-0.2, -0.15) is 0 Å². The highest BCUT2D eigenvalue weighted by Gasteiger charge is 2.63. The topological polar surface area (TPSA) is 102 Å². The number of nitrogens with zero attached hydrogens (tertiary/aromatic N) is 1. The predicted molar refractivity (Wildman–Crippen MR) is 138 cm³/mol. The van der Waals surface area contributed by atoms with E-state index in [4.69, 9.17) is 22.1 Å². The van der Waals surface area contributed by atoms with Gasteiger partial charge in [0.15, 0.2) is 5.78 Å². The van der Waals surface area contributed by atoms with Crippen LogP contribution in [0.3, 0.4) is 0 Å². The lowest BCUT2D eigenvalue weighted by atomic mass is 9.60. The summed E-state index contributed by atoms with van der Waals surface area (Å²) in [6.45, 7) is 7.44. The first kappa shape index (κ1) is 25.0. The lowest BCUT2D eigenvalue weighted by Gasteiger charge is -2.47. The van der Waals surface area contributed by atoms with Gasteiger partial charge in [-0.1, -0.05) is 43.1 Å². The van der Waals surface area contributed by atoms with Gasteiger partial charge in [0.25, 0.3) is 0 Å². The van der Waals surface area contributed by atoms with Crippen molar-refractivity contribution in [2.45, 2.75) is 46.0 Å². The SMILES string of the molecule is CCOC(=O)C1=C(N)N(c2ccc(F)c(Cl)c2)C2=C(C(=O)CC(C)(C)C2)C12C(=O)Nc1ccc(C)cc12. The largest absolute Gasteiger partial charge is 0.462 e. The number of nitrogens with two attached hydrogens (primary N) is 1. The summed E-state index contributed by atoms with van der Waals surface area (Å²) in [6, 6.07) is 9.43. The van der Waals surface area contributed by atoms with Crippen LogP contribution in [0.15, 0.2) is 59.1 Å². The molecule has 2 aromatic carbocycles. The molecule has 1 amide bonds. The number of fused-ring (bicyclic) bond motifs is 3. The number of carbonyl (C=O) groups excluding carboxylic acids is 3. The molecule has 1 unspecified atom stereocenters. The number of aryl methyl sites for hydroxylation is 1. The third kappa shape index (κ3) is 3.57. The molecule has 3 N–H and O–H groups in total. The first-order chi connectivity index (χ1) is 17.4. The van der Waals surface area contributed by atoms with Gasteiger partial charge in [-0.3, -0.25) is 14.5 Å². The van der Waals surface area contributed by atoms with E-state index in [1.165, 1.54) is 23.1 Å². The predicted octanol–water partition coefficient (Wildman–Crippen LogP) is 4.87. The Labute approximate surface area is 219 Å². The molecule has 1 aliphatic carbocycles. The number of allylic oxidation sites excluding steroid dienone is 1. The molecular formula is C28H27ClFN3O4. The molecule has 2 aromatic rings. The number of anilines is 2. The molecule has 0 saturated carbocycles. The molecule has 192 valence electrons. The quantitative estimate of drug-likeness (QED) is 0.556. The van der Waals surface area contributed by atoms with Crippen LogP contribution < -0.4 is 16.0 Å². The molecular weight excluding hydrogens is 497 g/mol. The van der Waals surface area contributed by atoms with Crippen LogP contribution in [0.1, 0.15) is 44.7 Å². The average Bonchev–Trinajstić information content (AvgIpc) is 3.06. The molecule has 9 heteroatoms. The van der Waals surface area contributed by atoms with Crippen molar-refractivity contribution < 1.29 is 23.5 Å². The minimum absolute atomic E-state index is 0.0310. The monoisotopic (exact) mass is 523 g/mol. The summed E-state index contributed by atoms with van der Waals surface area (Å²) >= 11 is 6.12. The summed E-state index contributed by atoms with van der Waals surface area (Å²) in [6.07, 6.45) is 0.534. The Morgan fingerprint density at radius 2 is 1.92 bits per heavy atom. The number of hydrogen-bond donors (Lipinski definition) is 2. The zero-order valence-electron chi connectivity index (χ0n) is 21.0. The highest BCUT2D eigenvalue weighted by Crippen LogP contribution is 2.57. The number of esters is 1. The highest BCUT2D eigenvalue weighted by atomic mass is 35.5. The van der Waals surface area contributed by atoms with E-state index in [1.54, 1.807) is 19.1 Å². The average molecular weight is 524 g/mol. The second-order valence-electron chi connectivity index (χ2n) is 10.4. The number of benzene rings is 2. The molecule has 1 spiro atoms. The van der Waals surface area contributed by atoms with Gasteiger partial charge in [-0.15, -0.1) is 0 Å². The number of ether oxygens (including phenoxy) is 1. The minimum Gasteiger partial charge on any atom is -0.462 e. The maximum Gasteiger partial charge on any atom is 0.339 e. The number of halogens is 2. The lowest BCUT2D eigenvalue weighted by molar-refractivity contribution is -0.140. The van der Waals surface area contributed by atoms with Crippen molar-refractivity contribution >= 4 is 40.6 Å². The summed E-state index contributed by atoms with van der Waals surface area (Å²) in [7, 11) is 0. The van der Waals surface area contributed by atoms with Crippen molar-refractivity contribution in [3.63, 3.8) is 0 Å². The Bertz CT molecular complexity index is 1460. The third-order valence-electron chi connectivity index (χ3n) is 7.18. The lowest BCUT2D eigenvalue weighted by Crippen LogP contribution is -2.54. The molecule has 0 bridgehead atoms.